The number of nitrogens with one attached hydrogen (secondary N) is 1. The largest absolute Gasteiger partial charge is 0.351 e. The normalized spacial score (nSPS) is 11.2. The van der Waals surface area contributed by atoms with Crippen molar-refractivity contribution in [3.8, 4) is 0 Å². The first-order chi connectivity index (χ1) is 8.91. The lowest BCUT2D eigenvalue weighted by atomic mass is 10.2. The summed E-state index contributed by atoms with van der Waals surface area (Å²) in [4.78, 5) is 24.1. The van der Waals surface area contributed by atoms with Gasteiger partial charge >= 0.3 is 0 Å². The van der Waals surface area contributed by atoms with Crippen LogP contribution >= 0.6 is 0 Å². The summed E-state index contributed by atoms with van der Waals surface area (Å²) in [5, 5.41) is 3.44. The van der Waals surface area contributed by atoms with Gasteiger partial charge in [0.25, 0.3) is 11.5 Å². The van der Waals surface area contributed by atoms with Gasteiger partial charge in [0.1, 0.15) is 5.69 Å². The standard InChI is InChI=1S/C14H19N3O2/c1-9(2)8-15-13(18)12-7-10-11(17(12)4)5-6-16(3)14(10)19/h5-7,9H,8H2,1-4H3,(H,15,18). The molecule has 1 amide bonds. The molecule has 0 bridgehead atoms. The highest BCUT2D eigenvalue weighted by Crippen LogP contribution is 2.14. The number of fused-ring (bicyclic) bond motifs is 1. The van der Waals surface area contributed by atoms with Crippen LogP contribution in [0.2, 0.25) is 0 Å². The molecule has 5 heteroatoms. The third-order valence-corrected chi connectivity index (χ3v) is 3.19. The fraction of sp³-hybridized carbons (Fsp3) is 0.429. The Balaban J connectivity index is 2.45. The highest BCUT2D eigenvalue weighted by atomic mass is 16.2. The monoisotopic (exact) mass is 261 g/mol. The van der Waals surface area contributed by atoms with E-state index in [4.69, 9.17) is 0 Å². The van der Waals surface area contributed by atoms with Crippen LogP contribution < -0.4 is 10.9 Å². The number of rotatable bonds is 3. The Bertz CT molecular complexity index is 680. The van der Waals surface area contributed by atoms with Gasteiger partial charge in [0.15, 0.2) is 0 Å². The molecule has 0 unspecified atom stereocenters. The van der Waals surface area contributed by atoms with E-state index in [1.54, 1.807) is 30.9 Å². The second-order valence-corrected chi connectivity index (χ2v) is 5.22. The zero-order valence-electron chi connectivity index (χ0n) is 11.7. The molecule has 0 aliphatic carbocycles. The van der Waals surface area contributed by atoms with Crippen LogP contribution in [-0.4, -0.2) is 21.6 Å². The Hall–Kier alpha value is -2.04. The van der Waals surface area contributed by atoms with E-state index in [1.807, 2.05) is 19.9 Å². The number of hydrogen-bond acceptors (Lipinski definition) is 2. The number of aromatic nitrogens is 2. The Morgan fingerprint density at radius 1 is 1.37 bits per heavy atom. The number of aryl methyl sites for hydroxylation is 2. The van der Waals surface area contributed by atoms with Crippen molar-refractivity contribution in [3.63, 3.8) is 0 Å². The van der Waals surface area contributed by atoms with E-state index in [-0.39, 0.29) is 11.5 Å². The van der Waals surface area contributed by atoms with Crippen LogP contribution in [0.4, 0.5) is 0 Å². The summed E-state index contributed by atoms with van der Waals surface area (Å²) >= 11 is 0. The van der Waals surface area contributed by atoms with E-state index in [0.29, 0.717) is 23.5 Å². The van der Waals surface area contributed by atoms with Crippen LogP contribution in [0.15, 0.2) is 23.1 Å². The summed E-state index contributed by atoms with van der Waals surface area (Å²) in [5.41, 5.74) is 1.20. The third-order valence-electron chi connectivity index (χ3n) is 3.19. The molecule has 0 atom stereocenters. The topological polar surface area (TPSA) is 56.0 Å². The minimum Gasteiger partial charge on any atom is -0.351 e. The molecule has 0 fully saturated rings. The van der Waals surface area contributed by atoms with Crippen LogP contribution in [0.25, 0.3) is 10.9 Å². The van der Waals surface area contributed by atoms with E-state index < -0.39 is 0 Å². The van der Waals surface area contributed by atoms with E-state index in [1.165, 1.54) is 4.57 Å². The van der Waals surface area contributed by atoms with Crippen LogP contribution in [0.1, 0.15) is 24.3 Å². The van der Waals surface area contributed by atoms with Gasteiger partial charge in [-0.2, -0.15) is 0 Å². The smallest absolute Gasteiger partial charge is 0.267 e. The van der Waals surface area contributed by atoms with Crippen molar-refractivity contribution in [3.05, 3.63) is 34.4 Å². The highest BCUT2D eigenvalue weighted by Gasteiger charge is 2.15. The highest BCUT2D eigenvalue weighted by molar-refractivity contribution is 5.98. The van der Waals surface area contributed by atoms with Crippen molar-refractivity contribution in [2.75, 3.05) is 6.54 Å². The van der Waals surface area contributed by atoms with Gasteiger partial charge in [-0.25, -0.2) is 0 Å². The second kappa shape index (κ2) is 4.91. The predicted octanol–water partition coefficient (Wildman–Crippen LogP) is 1.26. The second-order valence-electron chi connectivity index (χ2n) is 5.22. The van der Waals surface area contributed by atoms with E-state index in [9.17, 15) is 9.59 Å². The molecule has 2 heterocycles. The number of nitrogens with zero attached hydrogens (tertiary/aromatic N) is 2. The summed E-state index contributed by atoms with van der Waals surface area (Å²) in [6, 6.07) is 3.50. The number of carbonyl (C=O) groups is 1. The number of hydrogen-bond donors (Lipinski definition) is 1. The SMILES string of the molecule is CC(C)CNC(=O)c1cc2c(=O)n(C)ccc2n1C. The summed E-state index contributed by atoms with van der Waals surface area (Å²) in [5.74, 6) is 0.251. The molecule has 0 spiro atoms. The molecule has 2 rings (SSSR count). The van der Waals surface area contributed by atoms with Crippen molar-refractivity contribution >= 4 is 16.8 Å². The summed E-state index contributed by atoms with van der Waals surface area (Å²) < 4.78 is 3.27. The Morgan fingerprint density at radius 3 is 2.68 bits per heavy atom. The van der Waals surface area contributed by atoms with Gasteiger partial charge in [-0.05, 0) is 18.1 Å². The van der Waals surface area contributed by atoms with Crippen LogP contribution in [-0.2, 0) is 14.1 Å². The van der Waals surface area contributed by atoms with Gasteiger partial charge in [-0.15, -0.1) is 0 Å². The zero-order chi connectivity index (χ0) is 14.2. The molecule has 0 aromatic carbocycles. The Kier molecular flexibility index (Phi) is 3.46. The van der Waals surface area contributed by atoms with Gasteiger partial charge < -0.3 is 14.5 Å². The van der Waals surface area contributed by atoms with Gasteiger partial charge in [-0.1, -0.05) is 13.8 Å². The third kappa shape index (κ3) is 2.41. The molecule has 2 aromatic rings. The van der Waals surface area contributed by atoms with Crippen molar-refractivity contribution < 1.29 is 4.79 Å². The molecule has 0 radical (unpaired) electrons. The van der Waals surface area contributed by atoms with Gasteiger partial charge in [0.05, 0.1) is 10.9 Å². The van der Waals surface area contributed by atoms with Crippen molar-refractivity contribution in [1.29, 1.82) is 0 Å². The molecule has 0 aliphatic rings. The first-order valence-electron chi connectivity index (χ1n) is 6.35. The lowest BCUT2D eigenvalue weighted by molar-refractivity contribution is 0.0941. The van der Waals surface area contributed by atoms with E-state index >= 15 is 0 Å². The van der Waals surface area contributed by atoms with E-state index in [2.05, 4.69) is 5.32 Å². The molecular formula is C14H19N3O2. The minimum absolute atomic E-state index is 0.0870. The average Bonchev–Trinajstić information content (AvgIpc) is 2.69. The van der Waals surface area contributed by atoms with Crippen LogP contribution in [0, 0.1) is 5.92 Å². The maximum absolute atomic E-state index is 12.1. The molecule has 102 valence electrons. The number of carbonyl (C=O) groups excluding carboxylic acids is 1. The Morgan fingerprint density at radius 2 is 2.05 bits per heavy atom. The lowest BCUT2D eigenvalue weighted by Gasteiger charge is -2.08. The van der Waals surface area contributed by atoms with Gasteiger partial charge in [0.2, 0.25) is 0 Å². The summed E-state index contributed by atoms with van der Waals surface area (Å²) in [6.45, 7) is 4.70. The van der Waals surface area contributed by atoms with Crippen molar-refractivity contribution in [1.82, 2.24) is 14.5 Å². The molecule has 5 nitrogen and oxygen atoms in total. The van der Waals surface area contributed by atoms with Gasteiger partial charge in [-0.3, -0.25) is 9.59 Å². The predicted molar refractivity (Wildman–Crippen MR) is 75.3 cm³/mol. The maximum atomic E-state index is 12.1. The summed E-state index contributed by atoms with van der Waals surface area (Å²) in [7, 11) is 3.50. The zero-order valence-corrected chi connectivity index (χ0v) is 11.7. The fourth-order valence-corrected chi connectivity index (χ4v) is 2.04. The molecule has 0 saturated carbocycles. The summed E-state index contributed by atoms with van der Waals surface area (Å²) in [6.07, 6.45) is 1.71. The first-order valence-corrected chi connectivity index (χ1v) is 6.35. The average molecular weight is 261 g/mol. The fourth-order valence-electron chi connectivity index (χ4n) is 2.04. The van der Waals surface area contributed by atoms with Crippen LogP contribution in [0.3, 0.4) is 0 Å². The number of pyridine rings is 1. The molecule has 1 N–H and O–H groups in total. The quantitative estimate of drug-likeness (QED) is 0.904. The maximum Gasteiger partial charge on any atom is 0.267 e. The molecular weight excluding hydrogens is 242 g/mol. The number of amides is 1. The van der Waals surface area contributed by atoms with Crippen molar-refractivity contribution in [2.24, 2.45) is 20.0 Å². The molecule has 19 heavy (non-hydrogen) atoms. The van der Waals surface area contributed by atoms with E-state index in [0.717, 1.165) is 5.52 Å². The van der Waals surface area contributed by atoms with Crippen LogP contribution in [0.5, 0.6) is 0 Å². The molecule has 0 saturated heterocycles. The van der Waals surface area contributed by atoms with Crippen molar-refractivity contribution in [2.45, 2.75) is 13.8 Å². The van der Waals surface area contributed by atoms with Gasteiger partial charge in [0, 0.05) is 26.8 Å². The lowest BCUT2D eigenvalue weighted by Crippen LogP contribution is -2.28. The minimum atomic E-state index is -0.144. The first kappa shape index (κ1) is 13.4. The Labute approximate surface area is 111 Å². The molecule has 0 aliphatic heterocycles. The molecule has 2 aromatic heterocycles.